The van der Waals surface area contributed by atoms with Crippen molar-refractivity contribution >= 4 is 5.91 Å². The van der Waals surface area contributed by atoms with Gasteiger partial charge in [0.25, 0.3) is 0 Å². The first-order valence-electron chi connectivity index (χ1n) is 5.66. The van der Waals surface area contributed by atoms with Crippen molar-refractivity contribution < 1.29 is 4.79 Å². The normalized spacial score (nSPS) is 10.7. The fourth-order valence-electron chi connectivity index (χ4n) is 1.34. The summed E-state index contributed by atoms with van der Waals surface area (Å²) in [7, 11) is 0. The van der Waals surface area contributed by atoms with Crippen molar-refractivity contribution in [1.82, 2.24) is 0 Å². The fraction of sp³-hybridized carbons (Fsp3) is 0.0625. The number of nitroso groups, excluding NO2 is 1. The van der Waals surface area contributed by atoms with Crippen molar-refractivity contribution in [3.8, 4) is 11.8 Å². The topological polar surface area (TPSA) is 46.5 Å². The minimum atomic E-state index is -0.777. The first-order chi connectivity index (χ1) is 9.21. The van der Waals surface area contributed by atoms with Crippen LogP contribution in [-0.4, -0.2) is 5.91 Å². The van der Waals surface area contributed by atoms with Crippen LogP contribution in [0.15, 0.2) is 65.9 Å². The van der Waals surface area contributed by atoms with Crippen LogP contribution < -0.4 is 0 Å². The number of benzene rings is 1. The van der Waals surface area contributed by atoms with Gasteiger partial charge in [-0.3, -0.25) is 4.79 Å². The van der Waals surface area contributed by atoms with E-state index in [9.17, 15) is 9.70 Å². The molecule has 0 fully saturated rings. The zero-order valence-corrected chi connectivity index (χ0v) is 10.6. The molecule has 0 bridgehead atoms. The van der Waals surface area contributed by atoms with Crippen LogP contribution in [0, 0.1) is 16.7 Å². The summed E-state index contributed by atoms with van der Waals surface area (Å²) in [5, 5.41) is 2.36. The molecule has 0 saturated carbocycles. The Labute approximate surface area is 112 Å². The lowest BCUT2D eigenvalue weighted by Crippen LogP contribution is -1.92. The Kier molecular flexibility index (Phi) is 5.71. The summed E-state index contributed by atoms with van der Waals surface area (Å²) < 4.78 is 0. The van der Waals surface area contributed by atoms with Gasteiger partial charge in [0.1, 0.15) is 0 Å². The molecule has 0 heterocycles. The lowest BCUT2D eigenvalue weighted by atomic mass is 10.1. The summed E-state index contributed by atoms with van der Waals surface area (Å²) in [4.78, 5) is 21.1. The quantitative estimate of drug-likeness (QED) is 0.468. The van der Waals surface area contributed by atoms with Crippen LogP contribution in [0.4, 0.5) is 0 Å². The average Bonchev–Trinajstić information content (AvgIpc) is 2.45. The molecule has 19 heavy (non-hydrogen) atoms. The van der Waals surface area contributed by atoms with E-state index in [0.717, 1.165) is 11.1 Å². The van der Waals surface area contributed by atoms with Crippen LogP contribution in [-0.2, 0) is 0 Å². The van der Waals surface area contributed by atoms with E-state index < -0.39 is 5.91 Å². The lowest BCUT2D eigenvalue weighted by molar-refractivity contribution is 0.100. The van der Waals surface area contributed by atoms with Gasteiger partial charge in [0.15, 0.2) is 0 Å². The molecule has 0 aliphatic carbocycles. The highest BCUT2D eigenvalue weighted by molar-refractivity contribution is 5.94. The van der Waals surface area contributed by atoms with Gasteiger partial charge in [-0.25, -0.2) is 0 Å². The van der Waals surface area contributed by atoms with Crippen molar-refractivity contribution in [3.63, 3.8) is 0 Å². The molecule has 1 aromatic carbocycles. The Morgan fingerprint density at radius 2 is 2.00 bits per heavy atom. The van der Waals surface area contributed by atoms with Gasteiger partial charge in [-0.15, -0.1) is 4.91 Å². The summed E-state index contributed by atoms with van der Waals surface area (Å²) in [5.41, 5.74) is 1.85. The van der Waals surface area contributed by atoms with E-state index >= 15 is 0 Å². The second-order valence-corrected chi connectivity index (χ2v) is 3.58. The molecule has 1 amide bonds. The Balaban J connectivity index is 2.95. The number of rotatable bonds is 3. The molecule has 1 rings (SSSR count). The molecular weight excluding hydrogens is 238 g/mol. The van der Waals surface area contributed by atoms with Gasteiger partial charge in [0.2, 0.25) is 0 Å². The number of carbonyl (C=O) groups is 1. The Morgan fingerprint density at radius 1 is 1.32 bits per heavy atom. The summed E-state index contributed by atoms with van der Waals surface area (Å²) in [6.07, 6.45) is 7.24. The van der Waals surface area contributed by atoms with Gasteiger partial charge in [0, 0.05) is 21.9 Å². The van der Waals surface area contributed by atoms with Gasteiger partial charge < -0.3 is 0 Å². The monoisotopic (exact) mass is 251 g/mol. The van der Waals surface area contributed by atoms with Crippen LogP contribution >= 0.6 is 0 Å². The maximum Gasteiger partial charge on any atom is 0.316 e. The van der Waals surface area contributed by atoms with Crippen molar-refractivity contribution in [2.24, 2.45) is 5.18 Å². The van der Waals surface area contributed by atoms with Crippen LogP contribution in [0.25, 0.3) is 0 Å². The van der Waals surface area contributed by atoms with Crippen molar-refractivity contribution in [2.75, 3.05) is 0 Å². The fourth-order valence-corrected chi connectivity index (χ4v) is 1.34. The van der Waals surface area contributed by atoms with Gasteiger partial charge in [-0.1, -0.05) is 36.6 Å². The van der Waals surface area contributed by atoms with Gasteiger partial charge in [-0.05, 0) is 37.3 Å². The molecule has 0 saturated heterocycles. The first kappa shape index (κ1) is 14.3. The molecule has 0 atom stereocenters. The van der Waals surface area contributed by atoms with Gasteiger partial charge in [0.05, 0.1) is 0 Å². The van der Waals surface area contributed by atoms with E-state index in [-0.39, 0.29) is 5.56 Å². The van der Waals surface area contributed by atoms with Gasteiger partial charge >= 0.3 is 5.91 Å². The van der Waals surface area contributed by atoms with Crippen molar-refractivity contribution in [2.45, 2.75) is 6.92 Å². The number of allylic oxidation sites excluding steroid dienone is 5. The molecule has 3 nitrogen and oxygen atoms in total. The maximum absolute atomic E-state index is 11.0. The van der Waals surface area contributed by atoms with Crippen LogP contribution in [0.3, 0.4) is 0 Å². The second-order valence-electron chi connectivity index (χ2n) is 3.58. The number of hydrogen-bond acceptors (Lipinski definition) is 2. The molecular formula is C16H13NO2. The molecule has 0 aliphatic rings. The number of nitrogens with zero attached hydrogens (tertiary/aromatic N) is 1. The van der Waals surface area contributed by atoms with Crippen LogP contribution in [0.5, 0.6) is 0 Å². The summed E-state index contributed by atoms with van der Waals surface area (Å²) >= 11 is 0. The Morgan fingerprint density at radius 3 is 2.53 bits per heavy atom. The predicted molar refractivity (Wildman–Crippen MR) is 76.5 cm³/mol. The molecule has 0 aliphatic heterocycles. The minimum absolute atomic E-state index is 0.260. The Bertz CT molecular complexity index is 596. The van der Waals surface area contributed by atoms with E-state index in [1.807, 2.05) is 19.1 Å². The first-order valence-corrected chi connectivity index (χ1v) is 5.66. The standard InChI is InChI=1S/C16H13NO2/c1-3-5-13(6-4-2)7-8-14-9-11-15(12-10-14)16(18)17-19/h3-6,9-12H,1H2,2H3/b6-4-,13-5+. The zero-order valence-electron chi connectivity index (χ0n) is 10.6. The molecule has 94 valence electrons. The molecule has 0 aromatic heterocycles. The van der Waals surface area contributed by atoms with Crippen LogP contribution in [0.1, 0.15) is 22.8 Å². The number of hydrogen-bond donors (Lipinski definition) is 0. The summed E-state index contributed by atoms with van der Waals surface area (Å²) in [5.74, 6) is 5.17. The lowest BCUT2D eigenvalue weighted by Gasteiger charge is -1.93. The highest BCUT2D eigenvalue weighted by Crippen LogP contribution is 2.05. The molecule has 0 spiro atoms. The third-order valence-corrected chi connectivity index (χ3v) is 2.21. The second kappa shape index (κ2) is 7.57. The SMILES string of the molecule is C=C/C=C(C#Cc1ccc(C(=O)N=O)cc1)\C=C/C. The highest BCUT2D eigenvalue weighted by Gasteiger charge is 2.03. The molecule has 0 N–H and O–H groups in total. The number of amides is 1. The maximum atomic E-state index is 11.0. The predicted octanol–water partition coefficient (Wildman–Crippen LogP) is 3.63. The third-order valence-electron chi connectivity index (χ3n) is 2.21. The van der Waals surface area contributed by atoms with E-state index in [2.05, 4.69) is 23.6 Å². The smallest absolute Gasteiger partial charge is 0.263 e. The molecule has 3 heteroatoms. The van der Waals surface area contributed by atoms with Crippen molar-refractivity contribution in [1.29, 1.82) is 0 Å². The summed E-state index contributed by atoms with van der Waals surface area (Å²) in [6, 6.07) is 6.40. The van der Waals surface area contributed by atoms with Crippen LogP contribution in [0.2, 0.25) is 0 Å². The third kappa shape index (κ3) is 4.57. The van der Waals surface area contributed by atoms with E-state index in [1.54, 1.807) is 24.3 Å². The molecule has 0 radical (unpaired) electrons. The summed E-state index contributed by atoms with van der Waals surface area (Å²) in [6.45, 7) is 5.53. The van der Waals surface area contributed by atoms with E-state index in [0.29, 0.717) is 0 Å². The zero-order chi connectivity index (χ0) is 14.1. The van der Waals surface area contributed by atoms with Crippen molar-refractivity contribution in [3.05, 3.63) is 76.8 Å². The van der Waals surface area contributed by atoms with E-state index in [1.165, 1.54) is 12.1 Å². The Hall–Kier alpha value is -2.73. The van der Waals surface area contributed by atoms with Gasteiger partial charge in [-0.2, -0.15) is 0 Å². The van der Waals surface area contributed by atoms with E-state index in [4.69, 9.17) is 0 Å². The minimum Gasteiger partial charge on any atom is -0.263 e. The largest absolute Gasteiger partial charge is 0.316 e. The highest BCUT2D eigenvalue weighted by atomic mass is 16.3. The molecule has 1 aromatic rings. The number of carbonyl (C=O) groups excluding carboxylic acids is 1. The molecule has 0 unspecified atom stereocenters. The average molecular weight is 251 g/mol.